The number of nitrogens with zero attached hydrogens (tertiary/aromatic N) is 1. The molecule has 2 rings (SSSR count). The van der Waals surface area contributed by atoms with Crippen LogP contribution in [0.2, 0.25) is 5.02 Å². The molecule has 0 unspecified atom stereocenters. The van der Waals surface area contributed by atoms with E-state index in [1.807, 2.05) is 0 Å². The normalized spacial score (nSPS) is 9.55. The average Bonchev–Trinajstić information content (AvgIpc) is 2.46. The summed E-state index contributed by atoms with van der Waals surface area (Å²) in [5.41, 5.74) is 1.71. The van der Waals surface area contributed by atoms with Gasteiger partial charge in [-0.2, -0.15) is 0 Å². The summed E-state index contributed by atoms with van der Waals surface area (Å²) in [4.78, 5) is 26.8. The highest BCUT2D eigenvalue weighted by atomic mass is 35.5. The molecule has 0 aliphatic rings. The molecule has 0 saturated heterocycles. The first-order chi connectivity index (χ1) is 10.1. The predicted molar refractivity (Wildman–Crippen MR) is 86.2 cm³/mol. The summed E-state index contributed by atoms with van der Waals surface area (Å²) in [6.45, 7) is 1.57. The van der Waals surface area contributed by atoms with E-state index in [4.69, 9.17) is 16.3 Å². The van der Waals surface area contributed by atoms with Crippen LogP contribution in [0.3, 0.4) is 0 Å². The van der Waals surface area contributed by atoms with Crippen LogP contribution in [0.15, 0.2) is 42.7 Å². The number of anilines is 1. The van der Waals surface area contributed by atoms with Gasteiger partial charge in [0.1, 0.15) is 6.61 Å². The van der Waals surface area contributed by atoms with Crippen LogP contribution in [-0.4, -0.2) is 16.9 Å². The van der Waals surface area contributed by atoms with Gasteiger partial charge in [-0.25, -0.2) is 4.79 Å². The molecule has 0 spiro atoms. The van der Waals surface area contributed by atoms with Crippen molar-refractivity contribution in [2.75, 3.05) is 5.32 Å². The van der Waals surface area contributed by atoms with E-state index in [-0.39, 0.29) is 24.8 Å². The average molecular weight is 321 g/mol. The molecule has 1 aromatic carbocycles. The molecule has 0 bridgehead atoms. The Labute approximate surface area is 134 Å². The molecule has 0 atom stereocenters. The highest BCUT2D eigenvalue weighted by Crippen LogP contribution is 2.21. The van der Waals surface area contributed by atoms with Crippen molar-refractivity contribution in [1.82, 2.24) is 4.98 Å². The van der Waals surface area contributed by atoms with Gasteiger partial charge in [0, 0.05) is 23.6 Å². The highest BCUT2D eigenvalue weighted by molar-refractivity contribution is 6.34. The SMILES string of the molecule is C.CC(=O)c1ccc(NC(=O)OCc2ccncc2)cc1Cl. The zero-order valence-corrected chi connectivity index (χ0v) is 12.1. The molecule has 116 valence electrons. The molecular formula is C16H17ClN2O3. The number of carbonyl (C=O) groups is 2. The summed E-state index contributed by atoms with van der Waals surface area (Å²) in [5, 5.41) is 2.83. The molecule has 1 aromatic heterocycles. The second kappa shape index (κ2) is 8.14. The monoisotopic (exact) mass is 320 g/mol. The van der Waals surface area contributed by atoms with E-state index in [0.29, 0.717) is 11.3 Å². The minimum absolute atomic E-state index is 0. The third-order valence-corrected chi connectivity index (χ3v) is 3.03. The standard InChI is InChI=1S/C15H13ClN2O3.CH4/c1-10(19)13-3-2-12(8-14(13)16)18-15(20)21-9-11-4-6-17-7-5-11;/h2-8H,9H2,1H3,(H,18,20);1H4. The van der Waals surface area contributed by atoms with Gasteiger partial charge in [-0.1, -0.05) is 19.0 Å². The number of rotatable bonds is 4. The van der Waals surface area contributed by atoms with Gasteiger partial charge in [-0.05, 0) is 42.8 Å². The van der Waals surface area contributed by atoms with Crippen molar-refractivity contribution in [3.63, 3.8) is 0 Å². The van der Waals surface area contributed by atoms with Gasteiger partial charge in [0.2, 0.25) is 0 Å². The Hall–Kier alpha value is -2.40. The Morgan fingerprint density at radius 2 is 1.91 bits per heavy atom. The first-order valence-corrected chi connectivity index (χ1v) is 6.57. The maximum atomic E-state index is 11.7. The molecule has 0 fully saturated rings. The summed E-state index contributed by atoms with van der Waals surface area (Å²) >= 11 is 5.96. The second-order valence-corrected chi connectivity index (χ2v) is 4.71. The molecule has 0 radical (unpaired) electrons. The van der Waals surface area contributed by atoms with Gasteiger partial charge in [0.05, 0.1) is 5.02 Å². The fourth-order valence-corrected chi connectivity index (χ4v) is 1.97. The molecule has 2 aromatic rings. The number of ether oxygens (including phenoxy) is 1. The second-order valence-electron chi connectivity index (χ2n) is 4.31. The van der Waals surface area contributed by atoms with Crippen LogP contribution >= 0.6 is 11.6 Å². The van der Waals surface area contributed by atoms with Crippen molar-refractivity contribution in [3.8, 4) is 0 Å². The minimum Gasteiger partial charge on any atom is -0.444 e. The van der Waals surface area contributed by atoms with E-state index in [9.17, 15) is 9.59 Å². The fraction of sp³-hybridized carbons (Fsp3) is 0.188. The number of amides is 1. The van der Waals surface area contributed by atoms with Gasteiger partial charge in [-0.3, -0.25) is 15.1 Å². The molecule has 1 N–H and O–H groups in total. The van der Waals surface area contributed by atoms with Crippen LogP contribution in [0.5, 0.6) is 0 Å². The number of hydrogen-bond acceptors (Lipinski definition) is 4. The first-order valence-electron chi connectivity index (χ1n) is 6.19. The zero-order chi connectivity index (χ0) is 15.2. The third-order valence-electron chi connectivity index (χ3n) is 2.71. The summed E-state index contributed by atoms with van der Waals surface area (Å²) in [6.07, 6.45) is 2.65. The van der Waals surface area contributed by atoms with Gasteiger partial charge < -0.3 is 4.74 Å². The van der Waals surface area contributed by atoms with Crippen molar-refractivity contribution in [2.45, 2.75) is 21.0 Å². The Morgan fingerprint density at radius 3 is 2.50 bits per heavy atom. The van der Waals surface area contributed by atoms with Gasteiger partial charge in [0.15, 0.2) is 5.78 Å². The van der Waals surface area contributed by atoms with Crippen LogP contribution in [0, 0.1) is 0 Å². The largest absolute Gasteiger partial charge is 0.444 e. The van der Waals surface area contributed by atoms with Crippen molar-refractivity contribution < 1.29 is 14.3 Å². The molecule has 1 heterocycles. The Morgan fingerprint density at radius 1 is 1.23 bits per heavy atom. The number of carbonyl (C=O) groups excluding carboxylic acids is 2. The number of ketones is 1. The van der Waals surface area contributed by atoms with Gasteiger partial charge in [-0.15, -0.1) is 0 Å². The highest BCUT2D eigenvalue weighted by Gasteiger charge is 2.09. The van der Waals surface area contributed by atoms with Crippen LogP contribution in [-0.2, 0) is 11.3 Å². The Kier molecular flexibility index (Phi) is 6.53. The van der Waals surface area contributed by atoms with E-state index < -0.39 is 6.09 Å². The minimum atomic E-state index is -0.599. The maximum absolute atomic E-state index is 11.7. The smallest absolute Gasteiger partial charge is 0.411 e. The summed E-state index contributed by atoms with van der Waals surface area (Å²) in [7, 11) is 0. The molecule has 1 amide bonds. The van der Waals surface area contributed by atoms with Gasteiger partial charge >= 0.3 is 6.09 Å². The van der Waals surface area contributed by atoms with Crippen molar-refractivity contribution in [2.24, 2.45) is 0 Å². The quantitative estimate of drug-likeness (QED) is 0.852. The molecule has 22 heavy (non-hydrogen) atoms. The lowest BCUT2D eigenvalue weighted by atomic mass is 10.1. The molecule has 0 aliphatic heterocycles. The first kappa shape index (κ1) is 17.7. The molecule has 0 saturated carbocycles. The van der Waals surface area contributed by atoms with Crippen molar-refractivity contribution in [3.05, 3.63) is 58.9 Å². The van der Waals surface area contributed by atoms with E-state index in [2.05, 4.69) is 10.3 Å². The van der Waals surface area contributed by atoms with Crippen LogP contribution < -0.4 is 5.32 Å². The fourth-order valence-electron chi connectivity index (χ4n) is 1.66. The zero-order valence-electron chi connectivity index (χ0n) is 11.3. The molecule has 6 heteroatoms. The van der Waals surface area contributed by atoms with Crippen molar-refractivity contribution >= 4 is 29.2 Å². The van der Waals surface area contributed by atoms with E-state index >= 15 is 0 Å². The number of nitrogens with one attached hydrogen (secondary N) is 1. The number of halogens is 1. The lowest BCUT2D eigenvalue weighted by Crippen LogP contribution is -2.13. The van der Waals surface area contributed by atoms with Crippen LogP contribution in [0.1, 0.15) is 30.3 Å². The summed E-state index contributed by atoms with van der Waals surface area (Å²) in [5.74, 6) is -0.133. The van der Waals surface area contributed by atoms with Crippen LogP contribution in [0.25, 0.3) is 0 Å². The van der Waals surface area contributed by atoms with E-state index in [0.717, 1.165) is 5.56 Å². The van der Waals surface area contributed by atoms with E-state index in [1.165, 1.54) is 13.0 Å². The number of pyridine rings is 1. The topological polar surface area (TPSA) is 68.3 Å². The summed E-state index contributed by atoms with van der Waals surface area (Å²) < 4.78 is 5.06. The number of hydrogen-bond donors (Lipinski definition) is 1. The number of benzene rings is 1. The molecule has 0 aliphatic carbocycles. The summed E-state index contributed by atoms with van der Waals surface area (Å²) in [6, 6.07) is 8.17. The molecular weight excluding hydrogens is 304 g/mol. The number of Topliss-reactive ketones (excluding diaryl/α,β-unsaturated/α-hetero) is 1. The Bertz CT molecular complexity index is 660. The maximum Gasteiger partial charge on any atom is 0.411 e. The third kappa shape index (κ3) is 4.86. The lowest BCUT2D eigenvalue weighted by molar-refractivity contribution is 0.101. The van der Waals surface area contributed by atoms with Crippen LogP contribution in [0.4, 0.5) is 10.5 Å². The molecule has 5 nitrogen and oxygen atoms in total. The predicted octanol–water partition coefficient (Wildman–Crippen LogP) is 4.32. The lowest BCUT2D eigenvalue weighted by Gasteiger charge is -2.08. The number of aromatic nitrogens is 1. The van der Waals surface area contributed by atoms with Gasteiger partial charge in [0.25, 0.3) is 0 Å². The van der Waals surface area contributed by atoms with E-state index in [1.54, 1.807) is 36.7 Å². The Balaban J connectivity index is 0.00000242. The van der Waals surface area contributed by atoms with Crippen molar-refractivity contribution in [1.29, 1.82) is 0 Å².